The van der Waals surface area contributed by atoms with Crippen LogP contribution in [0.2, 0.25) is 0 Å². The molecule has 30 heavy (non-hydrogen) atoms. The van der Waals surface area contributed by atoms with Crippen LogP contribution in [0.3, 0.4) is 0 Å². The van der Waals surface area contributed by atoms with Gasteiger partial charge >= 0.3 is 6.09 Å². The van der Waals surface area contributed by atoms with Crippen LogP contribution in [0.4, 0.5) is 4.79 Å². The molecule has 0 saturated carbocycles. The molecule has 0 bridgehead atoms. The number of ether oxygens (including phenoxy) is 4. The third-order valence-electron chi connectivity index (χ3n) is 4.15. The fourth-order valence-electron chi connectivity index (χ4n) is 2.56. The van der Waals surface area contributed by atoms with E-state index in [4.69, 9.17) is 14.2 Å². The van der Waals surface area contributed by atoms with Crippen molar-refractivity contribution in [3.63, 3.8) is 0 Å². The highest BCUT2D eigenvalue weighted by atomic mass is 16.5. The smallest absolute Gasteiger partial charge is 0.427 e. The normalized spacial score (nSPS) is 11.2. The number of amides is 1. The molecule has 2 rings (SSSR count). The number of benzene rings is 2. The number of methoxy groups -OCH3 is 1. The number of nitrogens with zero attached hydrogens (tertiary/aromatic N) is 1. The van der Waals surface area contributed by atoms with Gasteiger partial charge in [0.15, 0.2) is 11.5 Å². The molecule has 0 radical (unpaired) electrons. The molecular formula is C23H30N2O5. The van der Waals surface area contributed by atoms with Crippen LogP contribution in [-0.4, -0.2) is 39.2 Å². The minimum absolute atomic E-state index is 0.115. The number of hydrogen-bond acceptors (Lipinski definition) is 6. The summed E-state index contributed by atoms with van der Waals surface area (Å²) in [6.45, 7) is 9.71. The second kappa shape index (κ2) is 11.1. The van der Waals surface area contributed by atoms with Crippen LogP contribution in [0.25, 0.3) is 0 Å². The van der Waals surface area contributed by atoms with Gasteiger partial charge < -0.3 is 18.9 Å². The van der Waals surface area contributed by atoms with Crippen LogP contribution < -0.4 is 19.6 Å². The Morgan fingerprint density at radius 1 is 1.00 bits per heavy atom. The lowest BCUT2D eigenvalue weighted by atomic mass is 9.87. The highest BCUT2D eigenvalue weighted by Gasteiger charge is 2.13. The Labute approximate surface area is 178 Å². The maximum absolute atomic E-state index is 11.0. The Kier molecular flexibility index (Phi) is 8.53. The van der Waals surface area contributed by atoms with Crippen molar-refractivity contribution in [2.45, 2.75) is 33.1 Å². The molecule has 7 nitrogen and oxygen atoms in total. The van der Waals surface area contributed by atoms with E-state index in [1.165, 1.54) is 18.9 Å². The fraction of sp³-hybridized carbons (Fsp3) is 0.391. The molecule has 0 aliphatic heterocycles. The fourth-order valence-corrected chi connectivity index (χ4v) is 2.56. The molecule has 0 unspecified atom stereocenters. The van der Waals surface area contributed by atoms with Gasteiger partial charge in [-0.05, 0) is 53.8 Å². The van der Waals surface area contributed by atoms with Crippen molar-refractivity contribution >= 4 is 12.3 Å². The summed E-state index contributed by atoms with van der Waals surface area (Å²) in [5, 5.41) is 3.81. The van der Waals surface area contributed by atoms with Crippen LogP contribution in [-0.2, 0) is 10.2 Å². The molecule has 0 fully saturated rings. The summed E-state index contributed by atoms with van der Waals surface area (Å²) in [6.07, 6.45) is 0.859. The highest BCUT2D eigenvalue weighted by molar-refractivity contribution is 5.82. The molecular weight excluding hydrogens is 384 g/mol. The monoisotopic (exact) mass is 414 g/mol. The number of rotatable bonds is 9. The van der Waals surface area contributed by atoms with Crippen LogP contribution in [0.5, 0.6) is 17.2 Å². The minimum atomic E-state index is -0.635. The van der Waals surface area contributed by atoms with E-state index >= 15 is 0 Å². The second-order valence-electron chi connectivity index (χ2n) is 7.47. The van der Waals surface area contributed by atoms with Gasteiger partial charge in [0.25, 0.3) is 0 Å². The van der Waals surface area contributed by atoms with Crippen molar-refractivity contribution in [1.82, 2.24) is 5.43 Å². The zero-order valence-electron chi connectivity index (χ0n) is 18.2. The first-order valence-electron chi connectivity index (χ1n) is 9.83. The molecule has 2 aromatic carbocycles. The third kappa shape index (κ3) is 7.31. The van der Waals surface area contributed by atoms with E-state index in [0.717, 1.165) is 11.3 Å². The van der Waals surface area contributed by atoms with Crippen molar-refractivity contribution in [1.29, 1.82) is 0 Å². The molecule has 0 aromatic heterocycles. The van der Waals surface area contributed by atoms with E-state index in [1.54, 1.807) is 12.1 Å². The average molecular weight is 415 g/mol. The van der Waals surface area contributed by atoms with Crippen LogP contribution in [0.15, 0.2) is 47.6 Å². The molecule has 7 heteroatoms. The third-order valence-corrected chi connectivity index (χ3v) is 4.15. The van der Waals surface area contributed by atoms with Gasteiger partial charge in [-0.2, -0.15) is 5.10 Å². The number of carbonyl (C=O) groups excluding carboxylic acids is 1. The summed E-state index contributed by atoms with van der Waals surface area (Å²) in [6, 6.07) is 13.5. The van der Waals surface area contributed by atoms with Crippen LogP contribution in [0, 0.1) is 0 Å². The first-order valence-corrected chi connectivity index (χ1v) is 9.83. The lowest BCUT2D eigenvalue weighted by Crippen LogP contribution is -2.16. The summed E-state index contributed by atoms with van der Waals surface area (Å²) >= 11 is 0. The lowest BCUT2D eigenvalue weighted by molar-refractivity contribution is 0.171. The summed E-state index contributed by atoms with van der Waals surface area (Å²) in [5.74, 6) is 2.01. The summed E-state index contributed by atoms with van der Waals surface area (Å²) in [5.41, 5.74) is 4.36. The van der Waals surface area contributed by atoms with Gasteiger partial charge in [0, 0.05) is 0 Å². The zero-order valence-corrected chi connectivity index (χ0v) is 18.2. The quantitative estimate of drug-likeness (QED) is 0.370. The van der Waals surface area contributed by atoms with E-state index < -0.39 is 6.09 Å². The molecule has 0 aliphatic rings. The van der Waals surface area contributed by atoms with Gasteiger partial charge in [-0.25, -0.2) is 10.2 Å². The van der Waals surface area contributed by atoms with E-state index in [-0.39, 0.29) is 5.41 Å². The summed E-state index contributed by atoms with van der Waals surface area (Å²) in [7, 11) is 1.27. The Morgan fingerprint density at radius 2 is 1.70 bits per heavy atom. The molecule has 0 spiro atoms. The molecule has 0 aliphatic carbocycles. The molecule has 162 valence electrons. The van der Waals surface area contributed by atoms with Crippen molar-refractivity contribution in [3.05, 3.63) is 53.6 Å². The van der Waals surface area contributed by atoms with Crippen molar-refractivity contribution in [3.8, 4) is 17.2 Å². The minimum Gasteiger partial charge on any atom is -0.490 e. The summed E-state index contributed by atoms with van der Waals surface area (Å²) in [4.78, 5) is 11.0. The maximum Gasteiger partial charge on any atom is 0.427 e. The average Bonchev–Trinajstić information content (AvgIpc) is 2.72. The largest absolute Gasteiger partial charge is 0.490 e. The number of nitrogens with one attached hydrogen (secondary N) is 1. The van der Waals surface area contributed by atoms with Crippen LogP contribution in [0.1, 0.15) is 38.8 Å². The van der Waals surface area contributed by atoms with Gasteiger partial charge in [0.2, 0.25) is 0 Å². The van der Waals surface area contributed by atoms with Crippen molar-refractivity contribution in [2.24, 2.45) is 5.10 Å². The predicted octanol–water partition coefficient (Wildman–Crippen LogP) is 4.53. The van der Waals surface area contributed by atoms with Gasteiger partial charge in [-0.15, -0.1) is 0 Å². The number of hydrogen-bond donors (Lipinski definition) is 1. The SMILES string of the molecule is CCOc1cc(/C=N\NC(=O)OC)ccc1OCCOc1ccc(C(C)(C)C)cc1. The van der Waals surface area contributed by atoms with E-state index in [2.05, 4.69) is 48.2 Å². The van der Waals surface area contributed by atoms with Crippen LogP contribution >= 0.6 is 0 Å². The maximum atomic E-state index is 11.0. The molecule has 1 N–H and O–H groups in total. The zero-order chi connectivity index (χ0) is 22.0. The Bertz CT molecular complexity index is 842. The number of hydrazone groups is 1. The van der Waals surface area contributed by atoms with Crippen molar-refractivity contribution < 1.29 is 23.7 Å². The first-order chi connectivity index (χ1) is 14.3. The molecule has 2 aromatic rings. The summed E-state index contributed by atoms with van der Waals surface area (Å²) < 4.78 is 21.7. The van der Waals surface area contributed by atoms with E-state index in [0.29, 0.717) is 31.3 Å². The predicted molar refractivity (Wildman–Crippen MR) is 117 cm³/mol. The lowest BCUT2D eigenvalue weighted by Gasteiger charge is -2.19. The Balaban J connectivity index is 1.90. The molecule has 1 amide bonds. The van der Waals surface area contributed by atoms with Crippen molar-refractivity contribution in [2.75, 3.05) is 26.9 Å². The molecule has 0 heterocycles. The first kappa shape index (κ1) is 23.1. The topological polar surface area (TPSA) is 78.4 Å². The van der Waals surface area contributed by atoms with Gasteiger partial charge in [-0.3, -0.25) is 0 Å². The molecule has 0 saturated heterocycles. The standard InChI is InChI=1S/C23H30N2O5/c1-6-28-21-15-17(16-24-25-22(26)27-5)7-12-20(21)30-14-13-29-19-10-8-18(9-11-19)23(2,3)4/h7-12,15-16H,6,13-14H2,1-5H3,(H,25,26)/b24-16-. The Morgan fingerprint density at radius 3 is 2.33 bits per heavy atom. The molecule has 0 atom stereocenters. The van der Waals surface area contributed by atoms with E-state index in [9.17, 15) is 4.79 Å². The highest BCUT2D eigenvalue weighted by Crippen LogP contribution is 2.28. The second-order valence-corrected chi connectivity index (χ2v) is 7.47. The van der Waals surface area contributed by atoms with Gasteiger partial charge in [0.05, 0.1) is 19.9 Å². The van der Waals surface area contributed by atoms with Gasteiger partial charge in [0.1, 0.15) is 19.0 Å². The number of carbonyl (C=O) groups is 1. The van der Waals surface area contributed by atoms with Gasteiger partial charge in [-0.1, -0.05) is 32.9 Å². The van der Waals surface area contributed by atoms with E-state index in [1.807, 2.05) is 25.1 Å². The Hall–Kier alpha value is -3.22.